The van der Waals surface area contributed by atoms with E-state index in [1.54, 1.807) is 22.6 Å². The van der Waals surface area contributed by atoms with E-state index in [-0.39, 0.29) is 21.9 Å². The zero-order valence-electron chi connectivity index (χ0n) is 7.68. The number of hydrogen-bond acceptors (Lipinski definition) is 3. The lowest BCUT2D eigenvalue weighted by Gasteiger charge is -2.12. The first kappa shape index (κ1) is 13.8. The standard InChI is InChI=1S/C8H6ClF3INO2/c9-2-4-1-6(16-8(10,11)12)7(13)14-5(4)3-15/h1,15H,2-3H2. The highest BCUT2D eigenvalue weighted by Crippen LogP contribution is 2.29. The van der Waals surface area contributed by atoms with Gasteiger partial charge in [-0.2, -0.15) is 0 Å². The third kappa shape index (κ3) is 3.63. The molecule has 0 aliphatic rings. The van der Waals surface area contributed by atoms with Gasteiger partial charge < -0.3 is 9.84 Å². The molecule has 0 bridgehead atoms. The summed E-state index contributed by atoms with van der Waals surface area (Å²) >= 11 is 7.11. The van der Waals surface area contributed by atoms with E-state index in [0.717, 1.165) is 6.07 Å². The number of alkyl halides is 4. The number of rotatable bonds is 3. The van der Waals surface area contributed by atoms with E-state index in [1.807, 2.05) is 0 Å². The second-order valence-corrected chi connectivity index (χ2v) is 4.01. The lowest BCUT2D eigenvalue weighted by Crippen LogP contribution is -2.18. The number of hydrogen-bond donors (Lipinski definition) is 1. The van der Waals surface area contributed by atoms with Crippen molar-refractivity contribution in [3.05, 3.63) is 21.0 Å². The number of halogens is 5. The average Bonchev–Trinajstić information content (AvgIpc) is 2.18. The smallest absolute Gasteiger partial charge is 0.403 e. The van der Waals surface area contributed by atoms with Crippen LogP contribution in [-0.4, -0.2) is 16.5 Å². The minimum Gasteiger partial charge on any atom is -0.403 e. The van der Waals surface area contributed by atoms with Gasteiger partial charge in [0.2, 0.25) is 0 Å². The van der Waals surface area contributed by atoms with E-state index in [0.29, 0.717) is 5.56 Å². The summed E-state index contributed by atoms with van der Waals surface area (Å²) in [5.74, 6) is -0.463. The summed E-state index contributed by atoms with van der Waals surface area (Å²) in [5.41, 5.74) is 0.553. The van der Waals surface area contributed by atoms with Crippen molar-refractivity contribution >= 4 is 34.2 Å². The highest BCUT2D eigenvalue weighted by Gasteiger charge is 2.32. The van der Waals surface area contributed by atoms with E-state index in [9.17, 15) is 13.2 Å². The van der Waals surface area contributed by atoms with E-state index in [1.165, 1.54) is 0 Å². The summed E-state index contributed by atoms with van der Waals surface area (Å²) in [4.78, 5) is 3.77. The molecule has 0 aliphatic heterocycles. The Bertz CT molecular complexity index is 386. The van der Waals surface area contributed by atoms with Gasteiger partial charge in [-0.05, 0) is 34.2 Å². The Balaban J connectivity index is 3.11. The van der Waals surface area contributed by atoms with Gasteiger partial charge in [0, 0.05) is 5.88 Å². The first-order valence-corrected chi connectivity index (χ1v) is 5.59. The molecule has 1 aromatic heterocycles. The van der Waals surface area contributed by atoms with Crippen LogP contribution in [0.1, 0.15) is 11.3 Å². The van der Waals surface area contributed by atoms with Crippen molar-refractivity contribution in [3.63, 3.8) is 0 Å². The van der Waals surface area contributed by atoms with Crippen LogP contribution in [0, 0.1) is 3.70 Å². The quantitative estimate of drug-likeness (QED) is 0.507. The van der Waals surface area contributed by atoms with Crippen molar-refractivity contribution in [1.82, 2.24) is 4.98 Å². The Morgan fingerprint density at radius 1 is 1.50 bits per heavy atom. The Hall–Kier alpha value is -0.280. The fourth-order valence-electron chi connectivity index (χ4n) is 0.995. The molecule has 0 radical (unpaired) electrons. The van der Waals surface area contributed by atoms with Gasteiger partial charge >= 0.3 is 6.36 Å². The van der Waals surface area contributed by atoms with Crippen LogP contribution in [0.2, 0.25) is 0 Å². The fourth-order valence-corrected chi connectivity index (χ4v) is 1.78. The number of aliphatic hydroxyl groups excluding tert-OH is 1. The zero-order chi connectivity index (χ0) is 12.3. The molecule has 3 nitrogen and oxygen atoms in total. The van der Waals surface area contributed by atoms with Crippen LogP contribution in [-0.2, 0) is 12.5 Å². The van der Waals surface area contributed by atoms with Crippen molar-refractivity contribution in [3.8, 4) is 5.75 Å². The van der Waals surface area contributed by atoms with E-state index < -0.39 is 12.1 Å². The summed E-state index contributed by atoms with van der Waals surface area (Å²) in [7, 11) is 0. The van der Waals surface area contributed by atoms with E-state index in [4.69, 9.17) is 16.7 Å². The Morgan fingerprint density at radius 3 is 2.56 bits per heavy atom. The lowest BCUT2D eigenvalue weighted by atomic mass is 10.2. The van der Waals surface area contributed by atoms with Gasteiger partial charge in [-0.15, -0.1) is 24.8 Å². The summed E-state index contributed by atoms with van der Waals surface area (Å²) < 4.78 is 39.8. The average molecular weight is 367 g/mol. The van der Waals surface area contributed by atoms with Crippen molar-refractivity contribution < 1.29 is 23.0 Å². The molecular weight excluding hydrogens is 361 g/mol. The molecule has 0 aromatic carbocycles. The Labute approximate surface area is 108 Å². The van der Waals surface area contributed by atoms with Crippen LogP contribution in [0.3, 0.4) is 0 Å². The topological polar surface area (TPSA) is 42.4 Å². The van der Waals surface area contributed by atoms with Crippen LogP contribution < -0.4 is 4.74 Å². The molecular formula is C8H6ClF3INO2. The Kier molecular flexibility index (Phi) is 4.62. The molecule has 1 heterocycles. The number of aromatic nitrogens is 1. The van der Waals surface area contributed by atoms with Gasteiger partial charge in [0.1, 0.15) is 3.70 Å². The molecule has 1 N–H and O–H groups in total. The van der Waals surface area contributed by atoms with Gasteiger partial charge in [0.25, 0.3) is 0 Å². The SMILES string of the molecule is OCc1nc(I)c(OC(F)(F)F)cc1CCl. The fraction of sp³-hybridized carbons (Fsp3) is 0.375. The molecule has 8 heteroatoms. The highest BCUT2D eigenvalue weighted by molar-refractivity contribution is 14.1. The second-order valence-electron chi connectivity index (χ2n) is 2.72. The predicted octanol–water partition coefficient (Wildman–Crippen LogP) is 2.82. The van der Waals surface area contributed by atoms with E-state index >= 15 is 0 Å². The molecule has 0 amide bonds. The number of ether oxygens (including phenoxy) is 1. The monoisotopic (exact) mass is 367 g/mol. The summed E-state index contributed by atoms with van der Waals surface area (Å²) in [6.45, 7) is -0.385. The van der Waals surface area contributed by atoms with Gasteiger partial charge in [-0.3, -0.25) is 0 Å². The molecule has 0 unspecified atom stereocenters. The molecule has 0 aliphatic carbocycles. The van der Waals surface area contributed by atoms with Crippen molar-refractivity contribution in [2.75, 3.05) is 0 Å². The molecule has 90 valence electrons. The normalized spacial score (nSPS) is 11.6. The Morgan fingerprint density at radius 2 is 2.12 bits per heavy atom. The van der Waals surface area contributed by atoms with Crippen LogP contribution in [0.4, 0.5) is 13.2 Å². The van der Waals surface area contributed by atoms with Crippen molar-refractivity contribution in [2.45, 2.75) is 18.8 Å². The zero-order valence-corrected chi connectivity index (χ0v) is 10.6. The third-order valence-corrected chi connectivity index (χ3v) is 2.69. The minimum absolute atomic E-state index is 0.0211. The van der Waals surface area contributed by atoms with Crippen LogP contribution in [0.15, 0.2) is 6.07 Å². The van der Waals surface area contributed by atoms with Crippen LogP contribution >= 0.6 is 34.2 Å². The minimum atomic E-state index is -4.77. The molecule has 1 rings (SSSR count). The van der Waals surface area contributed by atoms with Crippen molar-refractivity contribution in [1.29, 1.82) is 0 Å². The maximum absolute atomic E-state index is 12.0. The van der Waals surface area contributed by atoms with E-state index in [2.05, 4.69) is 9.72 Å². The maximum atomic E-state index is 12.0. The van der Waals surface area contributed by atoms with Gasteiger partial charge in [0.05, 0.1) is 12.3 Å². The lowest BCUT2D eigenvalue weighted by molar-refractivity contribution is -0.275. The van der Waals surface area contributed by atoms with Gasteiger partial charge in [-0.25, -0.2) is 4.98 Å². The molecule has 16 heavy (non-hydrogen) atoms. The second kappa shape index (κ2) is 5.37. The number of aliphatic hydroxyl groups is 1. The number of nitrogens with zero attached hydrogens (tertiary/aromatic N) is 1. The number of pyridine rings is 1. The summed E-state index contributed by atoms with van der Waals surface area (Å²) in [6, 6.07) is 1.13. The van der Waals surface area contributed by atoms with Crippen LogP contribution in [0.25, 0.3) is 0 Å². The maximum Gasteiger partial charge on any atom is 0.573 e. The molecule has 0 fully saturated rings. The molecule has 0 saturated heterocycles. The van der Waals surface area contributed by atoms with Gasteiger partial charge in [0.15, 0.2) is 5.75 Å². The van der Waals surface area contributed by atoms with Gasteiger partial charge in [-0.1, -0.05) is 0 Å². The molecule has 0 spiro atoms. The molecule has 0 atom stereocenters. The first-order chi connectivity index (χ1) is 7.37. The third-order valence-electron chi connectivity index (χ3n) is 1.63. The molecule has 1 aromatic rings. The predicted molar refractivity (Wildman–Crippen MR) is 59.1 cm³/mol. The van der Waals surface area contributed by atoms with Crippen LogP contribution in [0.5, 0.6) is 5.75 Å². The summed E-state index contributed by atoms with van der Waals surface area (Å²) in [5, 5.41) is 8.91. The largest absolute Gasteiger partial charge is 0.573 e. The highest BCUT2D eigenvalue weighted by atomic mass is 127. The first-order valence-electron chi connectivity index (χ1n) is 3.98. The summed E-state index contributed by atoms with van der Waals surface area (Å²) in [6.07, 6.45) is -4.77. The van der Waals surface area contributed by atoms with Crippen molar-refractivity contribution in [2.24, 2.45) is 0 Å². The molecule has 0 saturated carbocycles.